The third-order valence-electron chi connectivity index (χ3n) is 2.29. The first kappa shape index (κ1) is 14.8. The molecule has 0 amide bonds. The van der Waals surface area contributed by atoms with Crippen LogP contribution in [0.4, 0.5) is 23.2 Å². The predicted molar refractivity (Wildman–Crippen MR) is 56.8 cm³/mol. The van der Waals surface area contributed by atoms with Crippen molar-refractivity contribution in [3.8, 4) is 6.07 Å². The lowest BCUT2D eigenvalue weighted by molar-refractivity contribution is -0.190. The summed E-state index contributed by atoms with van der Waals surface area (Å²) in [4.78, 5) is 10.5. The topological polar surface area (TPSA) is 73.1 Å². The summed E-state index contributed by atoms with van der Waals surface area (Å²) in [6, 6.07) is 4.55. The Morgan fingerprint density at radius 2 is 2.11 bits per heavy atom. The van der Waals surface area contributed by atoms with E-state index < -0.39 is 30.4 Å². The van der Waals surface area contributed by atoms with Gasteiger partial charge in [-0.25, -0.2) is 4.39 Å². The Labute approximate surface area is 105 Å². The average molecular weight is 276 g/mol. The average Bonchev–Trinajstić information content (AvgIpc) is 2.29. The maximum Gasteiger partial charge on any atom is 0.403 e. The minimum Gasteiger partial charge on any atom is -0.481 e. The molecule has 8 heteroatoms. The van der Waals surface area contributed by atoms with E-state index in [2.05, 4.69) is 5.32 Å². The van der Waals surface area contributed by atoms with Crippen LogP contribution in [0.2, 0.25) is 0 Å². The molecule has 0 aliphatic carbocycles. The summed E-state index contributed by atoms with van der Waals surface area (Å²) in [6.07, 6.45) is -4.89. The molecule has 102 valence electrons. The van der Waals surface area contributed by atoms with Gasteiger partial charge >= 0.3 is 12.1 Å². The lowest BCUT2D eigenvalue weighted by atomic mass is 10.1. The molecule has 4 nitrogen and oxygen atoms in total. The predicted octanol–water partition coefficient (Wildman–Crippen LogP) is 2.37. The summed E-state index contributed by atoms with van der Waals surface area (Å²) in [5, 5.41) is 19.2. The molecule has 0 saturated carbocycles. The fourth-order valence-electron chi connectivity index (χ4n) is 1.28. The number of carbonyl (C=O) groups is 1. The molecule has 1 rings (SSSR count). The van der Waals surface area contributed by atoms with Crippen LogP contribution in [0.5, 0.6) is 0 Å². The number of hydrogen-bond donors (Lipinski definition) is 2. The van der Waals surface area contributed by atoms with Gasteiger partial charge < -0.3 is 10.4 Å². The SMILES string of the molecule is N#Cc1cc(NCC(C(=O)O)C(F)(F)F)ccc1F. The van der Waals surface area contributed by atoms with Crippen molar-refractivity contribution in [3.05, 3.63) is 29.6 Å². The highest BCUT2D eigenvalue weighted by molar-refractivity contribution is 5.71. The molecule has 19 heavy (non-hydrogen) atoms. The van der Waals surface area contributed by atoms with Crippen molar-refractivity contribution in [1.82, 2.24) is 0 Å². The van der Waals surface area contributed by atoms with Gasteiger partial charge in [0, 0.05) is 12.2 Å². The molecule has 1 aromatic rings. The molecule has 1 atom stereocenters. The number of carboxylic acid groups (broad SMARTS) is 1. The van der Waals surface area contributed by atoms with E-state index in [4.69, 9.17) is 10.4 Å². The second-order valence-corrected chi connectivity index (χ2v) is 3.62. The number of rotatable bonds is 4. The minimum absolute atomic E-state index is 0.0356. The van der Waals surface area contributed by atoms with Crippen LogP contribution in [0.15, 0.2) is 18.2 Å². The lowest BCUT2D eigenvalue weighted by Gasteiger charge is -2.17. The van der Waals surface area contributed by atoms with E-state index in [0.29, 0.717) is 0 Å². The van der Waals surface area contributed by atoms with Gasteiger partial charge in [0.25, 0.3) is 0 Å². The number of hydrogen-bond acceptors (Lipinski definition) is 3. The molecule has 0 heterocycles. The Morgan fingerprint density at radius 3 is 2.58 bits per heavy atom. The number of nitrogens with one attached hydrogen (secondary N) is 1. The summed E-state index contributed by atoms with van der Waals surface area (Å²) in [6.45, 7) is -0.907. The standard InChI is InChI=1S/C11H8F4N2O2/c12-9-2-1-7(3-6(9)4-16)17-5-8(10(18)19)11(13,14)15/h1-3,8,17H,5H2,(H,18,19). The Kier molecular flexibility index (Phi) is 4.32. The second kappa shape index (κ2) is 5.56. The summed E-state index contributed by atoms with van der Waals surface area (Å²) < 4.78 is 50.0. The van der Waals surface area contributed by atoms with E-state index in [9.17, 15) is 22.4 Å². The first-order valence-corrected chi connectivity index (χ1v) is 4.98. The van der Waals surface area contributed by atoms with Crippen molar-refractivity contribution in [2.45, 2.75) is 6.18 Å². The van der Waals surface area contributed by atoms with E-state index >= 15 is 0 Å². The summed E-state index contributed by atoms with van der Waals surface area (Å²) in [7, 11) is 0. The fourth-order valence-corrected chi connectivity index (χ4v) is 1.28. The van der Waals surface area contributed by atoms with Gasteiger partial charge in [-0.3, -0.25) is 4.79 Å². The number of nitrogens with zero attached hydrogens (tertiary/aromatic N) is 1. The summed E-state index contributed by atoms with van der Waals surface area (Å²) >= 11 is 0. The normalized spacial score (nSPS) is 12.6. The zero-order valence-corrected chi connectivity index (χ0v) is 9.33. The van der Waals surface area contributed by atoms with E-state index in [-0.39, 0.29) is 11.3 Å². The van der Waals surface area contributed by atoms with Gasteiger partial charge in [-0.05, 0) is 18.2 Å². The molecule has 0 radical (unpaired) electrons. The smallest absolute Gasteiger partial charge is 0.403 e. The zero-order valence-electron chi connectivity index (χ0n) is 9.33. The molecular weight excluding hydrogens is 268 g/mol. The fraction of sp³-hybridized carbons (Fsp3) is 0.273. The van der Waals surface area contributed by atoms with Gasteiger partial charge in [0.1, 0.15) is 11.9 Å². The summed E-state index contributed by atoms with van der Waals surface area (Å²) in [5.74, 6) is -5.40. The Morgan fingerprint density at radius 1 is 1.47 bits per heavy atom. The third kappa shape index (κ3) is 3.84. The van der Waals surface area contributed by atoms with Crippen LogP contribution in [-0.2, 0) is 4.79 Å². The van der Waals surface area contributed by atoms with Crippen molar-refractivity contribution < 1.29 is 27.5 Å². The molecule has 0 saturated heterocycles. The highest BCUT2D eigenvalue weighted by Crippen LogP contribution is 2.27. The first-order valence-electron chi connectivity index (χ1n) is 4.98. The van der Waals surface area contributed by atoms with Crippen molar-refractivity contribution in [1.29, 1.82) is 5.26 Å². The quantitative estimate of drug-likeness (QED) is 0.828. The molecule has 1 unspecified atom stereocenters. The van der Waals surface area contributed by atoms with Crippen LogP contribution in [0, 0.1) is 23.1 Å². The molecule has 0 aliphatic rings. The van der Waals surface area contributed by atoms with Gasteiger partial charge in [-0.15, -0.1) is 0 Å². The molecule has 0 bridgehead atoms. The van der Waals surface area contributed by atoms with Crippen LogP contribution in [-0.4, -0.2) is 23.8 Å². The minimum atomic E-state index is -4.89. The van der Waals surface area contributed by atoms with Crippen LogP contribution < -0.4 is 5.32 Å². The van der Waals surface area contributed by atoms with E-state index in [0.717, 1.165) is 18.2 Å². The Hall–Kier alpha value is -2.30. The molecule has 0 aromatic heterocycles. The highest BCUT2D eigenvalue weighted by atomic mass is 19.4. The van der Waals surface area contributed by atoms with Crippen LogP contribution in [0.3, 0.4) is 0 Å². The van der Waals surface area contributed by atoms with Gasteiger partial charge in [-0.1, -0.05) is 0 Å². The van der Waals surface area contributed by atoms with E-state index in [1.54, 1.807) is 0 Å². The summed E-state index contributed by atoms with van der Waals surface area (Å²) in [5.41, 5.74) is -0.308. The van der Waals surface area contributed by atoms with Crippen molar-refractivity contribution >= 4 is 11.7 Å². The van der Waals surface area contributed by atoms with Crippen molar-refractivity contribution in [2.24, 2.45) is 5.92 Å². The number of carboxylic acids is 1. The molecular formula is C11H8F4N2O2. The largest absolute Gasteiger partial charge is 0.481 e. The Balaban J connectivity index is 2.81. The van der Waals surface area contributed by atoms with E-state index in [1.807, 2.05) is 0 Å². The number of anilines is 1. The molecule has 2 N–H and O–H groups in total. The zero-order chi connectivity index (χ0) is 14.6. The van der Waals surface area contributed by atoms with Gasteiger partial charge in [-0.2, -0.15) is 18.4 Å². The molecule has 0 aliphatic heterocycles. The van der Waals surface area contributed by atoms with Crippen molar-refractivity contribution in [2.75, 3.05) is 11.9 Å². The van der Waals surface area contributed by atoms with Crippen LogP contribution in [0.25, 0.3) is 0 Å². The molecule has 0 spiro atoms. The number of nitriles is 1. The second-order valence-electron chi connectivity index (χ2n) is 3.62. The number of halogens is 4. The third-order valence-corrected chi connectivity index (χ3v) is 2.29. The first-order chi connectivity index (χ1) is 8.75. The Bertz CT molecular complexity index is 522. The van der Waals surface area contributed by atoms with Gasteiger partial charge in [0.15, 0.2) is 5.92 Å². The van der Waals surface area contributed by atoms with Crippen LogP contribution >= 0.6 is 0 Å². The van der Waals surface area contributed by atoms with Gasteiger partial charge in [0.2, 0.25) is 0 Å². The van der Waals surface area contributed by atoms with Gasteiger partial charge in [0.05, 0.1) is 5.56 Å². The molecule has 1 aromatic carbocycles. The van der Waals surface area contributed by atoms with Crippen LogP contribution in [0.1, 0.15) is 5.56 Å². The lowest BCUT2D eigenvalue weighted by Crippen LogP contribution is -2.36. The van der Waals surface area contributed by atoms with E-state index in [1.165, 1.54) is 6.07 Å². The van der Waals surface area contributed by atoms with Crippen molar-refractivity contribution in [3.63, 3.8) is 0 Å². The number of aliphatic carboxylic acids is 1. The maximum absolute atomic E-state index is 13.0. The highest BCUT2D eigenvalue weighted by Gasteiger charge is 2.44. The molecule has 0 fully saturated rings. The number of alkyl halides is 3. The number of benzene rings is 1. The monoisotopic (exact) mass is 276 g/mol. The maximum atomic E-state index is 13.0.